The molecule has 0 radical (unpaired) electrons. The number of aryl methyl sites for hydroxylation is 2. The molecular weight excluding hydrogens is 257 g/mol. The Kier molecular flexibility index (Phi) is 2.89. The fourth-order valence-corrected chi connectivity index (χ4v) is 3.08. The molecule has 3 nitrogen and oxygen atoms in total. The molecule has 2 aromatic rings. The summed E-state index contributed by atoms with van der Waals surface area (Å²) in [5.74, 6) is -0.739. The van der Waals surface area contributed by atoms with Crippen LogP contribution in [0.5, 0.6) is 0 Å². The number of aromatic nitrogens is 1. The van der Waals surface area contributed by atoms with Gasteiger partial charge in [0, 0.05) is 0 Å². The number of nitrogens with zero attached hydrogens (tertiary/aromatic N) is 1. The van der Waals surface area contributed by atoms with E-state index in [1.54, 1.807) is 0 Å². The SMILES string of the molecule is Cc1cc2nc[se]c2cc1CCC(=O)O. The first kappa shape index (κ1) is 10.4. The zero-order valence-electron chi connectivity index (χ0n) is 8.36. The van der Waals surface area contributed by atoms with E-state index in [0.717, 1.165) is 16.6 Å². The Morgan fingerprint density at radius 1 is 1.53 bits per heavy atom. The van der Waals surface area contributed by atoms with Gasteiger partial charge in [-0.05, 0) is 0 Å². The van der Waals surface area contributed by atoms with Crippen LogP contribution in [0.4, 0.5) is 0 Å². The van der Waals surface area contributed by atoms with E-state index in [9.17, 15) is 4.79 Å². The summed E-state index contributed by atoms with van der Waals surface area (Å²) in [5, 5.41) is 10.6. The van der Waals surface area contributed by atoms with Crippen LogP contribution in [0.1, 0.15) is 17.5 Å². The van der Waals surface area contributed by atoms with Crippen LogP contribution in [0.25, 0.3) is 9.78 Å². The van der Waals surface area contributed by atoms with Gasteiger partial charge in [-0.25, -0.2) is 0 Å². The van der Waals surface area contributed by atoms with Crippen LogP contribution in [0.2, 0.25) is 0 Å². The number of rotatable bonds is 3. The number of hydrogen-bond donors (Lipinski definition) is 1. The molecule has 4 heteroatoms. The predicted octanol–water partition coefficient (Wildman–Crippen LogP) is 1.62. The molecule has 1 N–H and O–H groups in total. The van der Waals surface area contributed by atoms with Gasteiger partial charge in [-0.1, -0.05) is 0 Å². The molecule has 0 aliphatic heterocycles. The van der Waals surface area contributed by atoms with Gasteiger partial charge in [0.2, 0.25) is 0 Å². The van der Waals surface area contributed by atoms with Crippen molar-refractivity contribution in [3.63, 3.8) is 0 Å². The summed E-state index contributed by atoms with van der Waals surface area (Å²) in [4.78, 5) is 14.8. The molecule has 0 spiro atoms. The number of aliphatic carboxylic acids is 1. The van der Waals surface area contributed by atoms with Gasteiger partial charge >= 0.3 is 93.2 Å². The summed E-state index contributed by atoms with van der Waals surface area (Å²) in [6.07, 6.45) is 0.817. The van der Waals surface area contributed by atoms with E-state index in [-0.39, 0.29) is 6.42 Å². The summed E-state index contributed by atoms with van der Waals surface area (Å²) in [6.45, 7) is 2.01. The second-order valence-electron chi connectivity index (χ2n) is 3.49. The van der Waals surface area contributed by atoms with Gasteiger partial charge in [-0.15, -0.1) is 0 Å². The molecule has 78 valence electrons. The van der Waals surface area contributed by atoms with Crippen molar-refractivity contribution in [1.29, 1.82) is 0 Å². The van der Waals surface area contributed by atoms with Gasteiger partial charge in [-0.2, -0.15) is 0 Å². The Labute approximate surface area is 93.5 Å². The average Bonchev–Trinajstić information content (AvgIpc) is 2.60. The third-order valence-corrected chi connectivity index (χ3v) is 4.06. The third-order valence-electron chi connectivity index (χ3n) is 2.40. The molecule has 0 bridgehead atoms. The quantitative estimate of drug-likeness (QED) is 0.860. The molecule has 0 saturated carbocycles. The van der Waals surface area contributed by atoms with Gasteiger partial charge in [0.15, 0.2) is 0 Å². The number of benzene rings is 1. The third kappa shape index (κ3) is 2.28. The minimum absolute atomic E-state index is 0.202. The second kappa shape index (κ2) is 4.17. The van der Waals surface area contributed by atoms with Crippen molar-refractivity contribution in [1.82, 2.24) is 4.98 Å². The number of carboxylic acids is 1. The Morgan fingerprint density at radius 3 is 3.07 bits per heavy atom. The van der Waals surface area contributed by atoms with Crippen LogP contribution in [-0.4, -0.2) is 30.6 Å². The molecule has 0 atom stereocenters. The Morgan fingerprint density at radius 2 is 2.33 bits per heavy atom. The molecule has 1 heterocycles. The van der Waals surface area contributed by atoms with Crippen LogP contribution < -0.4 is 0 Å². The van der Waals surface area contributed by atoms with Crippen LogP contribution in [0.3, 0.4) is 0 Å². The molecule has 0 amide bonds. The van der Waals surface area contributed by atoms with Crippen LogP contribution >= 0.6 is 0 Å². The zero-order valence-corrected chi connectivity index (χ0v) is 10.1. The minimum atomic E-state index is -0.739. The maximum atomic E-state index is 10.5. The van der Waals surface area contributed by atoms with Crippen molar-refractivity contribution in [3.8, 4) is 0 Å². The summed E-state index contributed by atoms with van der Waals surface area (Å²) < 4.78 is 1.27. The molecule has 0 aliphatic carbocycles. The van der Waals surface area contributed by atoms with Crippen molar-refractivity contribution in [2.24, 2.45) is 0 Å². The maximum absolute atomic E-state index is 10.5. The second-order valence-corrected chi connectivity index (χ2v) is 5.35. The van der Waals surface area contributed by atoms with E-state index in [1.165, 1.54) is 4.26 Å². The first-order chi connectivity index (χ1) is 7.16. The molecule has 15 heavy (non-hydrogen) atoms. The van der Waals surface area contributed by atoms with E-state index in [0.29, 0.717) is 20.9 Å². The van der Waals surface area contributed by atoms with E-state index >= 15 is 0 Å². The van der Waals surface area contributed by atoms with Crippen molar-refractivity contribution in [3.05, 3.63) is 28.3 Å². The van der Waals surface area contributed by atoms with Crippen LogP contribution in [0, 0.1) is 6.92 Å². The number of carbonyl (C=O) groups is 1. The Bertz CT molecular complexity index is 504. The van der Waals surface area contributed by atoms with Gasteiger partial charge in [-0.3, -0.25) is 0 Å². The van der Waals surface area contributed by atoms with E-state index in [2.05, 4.69) is 17.1 Å². The average molecular weight is 268 g/mol. The fraction of sp³-hybridized carbons (Fsp3) is 0.273. The van der Waals surface area contributed by atoms with Gasteiger partial charge in [0.25, 0.3) is 0 Å². The topological polar surface area (TPSA) is 50.2 Å². The summed E-state index contributed by atoms with van der Waals surface area (Å²) in [7, 11) is 0. The fourth-order valence-electron chi connectivity index (χ4n) is 1.56. The molecule has 0 saturated heterocycles. The number of fused-ring (bicyclic) bond motifs is 1. The number of carboxylic acid groups (broad SMARTS) is 1. The van der Waals surface area contributed by atoms with Crippen LogP contribution in [0.15, 0.2) is 17.2 Å². The first-order valence-corrected chi connectivity index (χ1v) is 6.56. The summed E-state index contributed by atoms with van der Waals surface area (Å²) >= 11 is 0.334. The van der Waals surface area contributed by atoms with Crippen molar-refractivity contribution >= 4 is 30.2 Å². The van der Waals surface area contributed by atoms with Crippen molar-refractivity contribution in [2.45, 2.75) is 19.8 Å². The zero-order chi connectivity index (χ0) is 10.8. The molecule has 2 rings (SSSR count). The van der Waals surface area contributed by atoms with Gasteiger partial charge in [0.1, 0.15) is 0 Å². The number of hydrogen-bond acceptors (Lipinski definition) is 2. The Balaban J connectivity index is 2.33. The first-order valence-electron chi connectivity index (χ1n) is 4.71. The summed E-state index contributed by atoms with van der Waals surface area (Å²) in [5.41, 5.74) is 3.35. The molecule has 1 aromatic heterocycles. The normalized spacial score (nSPS) is 10.7. The van der Waals surface area contributed by atoms with Gasteiger partial charge < -0.3 is 0 Å². The molecular formula is C11H11NO2Se. The van der Waals surface area contributed by atoms with E-state index < -0.39 is 5.97 Å². The van der Waals surface area contributed by atoms with E-state index in [1.807, 2.05) is 12.0 Å². The predicted molar refractivity (Wildman–Crippen MR) is 59.4 cm³/mol. The Hall–Kier alpha value is -1.12. The van der Waals surface area contributed by atoms with E-state index in [4.69, 9.17) is 5.11 Å². The summed E-state index contributed by atoms with van der Waals surface area (Å²) in [6, 6.07) is 4.17. The molecule has 0 fully saturated rings. The standard InChI is InChI=1S/C11H11NO2Se/c1-7-4-9-10(15-6-12-9)5-8(7)2-3-11(13)14/h4-6H,2-3H2,1H3,(H,13,14). The van der Waals surface area contributed by atoms with Crippen LogP contribution in [-0.2, 0) is 11.2 Å². The molecule has 0 aliphatic rings. The molecule has 1 aromatic carbocycles. The monoisotopic (exact) mass is 269 g/mol. The van der Waals surface area contributed by atoms with Crippen molar-refractivity contribution < 1.29 is 9.90 Å². The van der Waals surface area contributed by atoms with Gasteiger partial charge in [0.05, 0.1) is 0 Å². The van der Waals surface area contributed by atoms with Crippen molar-refractivity contribution in [2.75, 3.05) is 0 Å². The molecule has 0 unspecified atom stereocenters.